The van der Waals surface area contributed by atoms with E-state index in [-0.39, 0.29) is 5.60 Å². The second-order valence-corrected chi connectivity index (χ2v) is 7.28. The first-order valence-electron chi connectivity index (χ1n) is 9.33. The predicted molar refractivity (Wildman–Crippen MR) is 108 cm³/mol. The summed E-state index contributed by atoms with van der Waals surface area (Å²) >= 11 is 0. The number of ether oxygens (including phenoxy) is 1. The largest absolute Gasteiger partial charge is 0.488 e. The van der Waals surface area contributed by atoms with Crippen molar-refractivity contribution in [2.75, 3.05) is 31.1 Å². The van der Waals surface area contributed by atoms with Gasteiger partial charge in [0.2, 0.25) is 0 Å². The molecule has 3 rings (SSSR count). The van der Waals surface area contributed by atoms with Gasteiger partial charge in [0.25, 0.3) is 0 Å². The molecule has 1 aliphatic heterocycles. The fourth-order valence-electron chi connectivity index (χ4n) is 2.71. The van der Waals surface area contributed by atoms with Gasteiger partial charge < -0.3 is 20.7 Å². The van der Waals surface area contributed by atoms with Gasteiger partial charge in [-0.2, -0.15) is 0 Å². The monoisotopic (exact) mass is 368 g/mol. The SMILES string of the molecule is C\C(N)=C/C=C(\C=C\C(=N)c1cc(N2CCNCC2)ncn1)OC1(C)CC1. The maximum atomic E-state index is 8.37. The minimum Gasteiger partial charge on any atom is -0.488 e. The summed E-state index contributed by atoms with van der Waals surface area (Å²) in [5.41, 5.74) is 7.24. The first kappa shape index (κ1) is 19.1. The first-order valence-corrected chi connectivity index (χ1v) is 9.33. The van der Waals surface area contributed by atoms with Crippen molar-refractivity contribution in [3.8, 4) is 0 Å². The molecule has 1 saturated carbocycles. The average Bonchev–Trinajstić information content (AvgIpc) is 3.41. The number of allylic oxidation sites excluding steroid dienone is 5. The molecule has 0 amide bonds. The van der Waals surface area contributed by atoms with E-state index in [4.69, 9.17) is 15.9 Å². The Bertz CT molecular complexity index is 768. The van der Waals surface area contributed by atoms with Crippen molar-refractivity contribution in [1.29, 1.82) is 5.41 Å². The zero-order chi connectivity index (χ0) is 19.3. The summed E-state index contributed by atoms with van der Waals surface area (Å²) in [6.07, 6.45) is 10.8. The van der Waals surface area contributed by atoms with Gasteiger partial charge in [-0.05, 0) is 51.0 Å². The van der Waals surface area contributed by atoms with Gasteiger partial charge in [0, 0.05) is 37.9 Å². The molecule has 1 aromatic rings. The van der Waals surface area contributed by atoms with Crippen LogP contribution in [0.2, 0.25) is 0 Å². The fraction of sp³-hybridized carbons (Fsp3) is 0.450. The van der Waals surface area contributed by atoms with E-state index in [9.17, 15) is 0 Å². The number of nitrogens with one attached hydrogen (secondary N) is 2. The Kier molecular flexibility index (Phi) is 5.91. The van der Waals surface area contributed by atoms with E-state index in [2.05, 4.69) is 27.1 Å². The molecule has 2 aliphatic rings. The molecule has 1 saturated heterocycles. The maximum absolute atomic E-state index is 8.37. The highest BCUT2D eigenvalue weighted by Crippen LogP contribution is 2.40. The number of rotatable bonds is 7. The number of hydrogen-bond donors (Lipinski definition) is 3. The van der Waals surface area contributed by atoms with Crippen LogP contribution in [-0.2, 0) is 4.74 Å². The molecule has 2 heterocycles. The standard InChI is InChI=1S/C20H28N6O/c1-15(21)3-4-16(27-20(2)7-8-20)5-6-17(22)18-13-19(25-14-24-18)26-11-9-23-10-12-26/h3-6,13-14,22-23H,7-12,21H2,1-2H3/b6-5+,15-3+,16-4+,22-17?. The molecule has 7 nitrogen and oxygen atoms in total. The molecular weight excluding hydrogens is 340 g/mol. The van der Waals surface area contributed by atoms with Gasteiger partial charge in [-0.1, -0.05) is 0 Å². The van der Waals surface area contributed by atoms with E-state index in [0.29, 0.717) is 22.9 Å². The van der Waals surface area contributed by atoms with Crippen molar-refractivity contribution in [3.63, 3.8) is 0 Å². The van der Waals surface area contributed by atoms with Crippen LogP contribution in [0.4, 0.5) is 5.82 Å². The second kappa shape index (κ2) is 8.35. The van der Waals surface area contributed by atoms with Gasteiger partial charge in [0.05, 0.1) is 11.4 Å². The summed E-state index contributed by atoms with van der Waals surface area (Å²) in [5.74, 6) is 1.56. The molecule has 0 unspecified atom stereocenters. The average molecular weight is 368 g/mol. The highest BCUT2D eigenvalue weighted by atomic mass is 16.5. The third kappa shape index (κ3) is 5.65. The van der Waals surface area contributed by atoms with Crippen LogP contribution < -0.4 is 16.0 Å². The number of piperazine rings is 1. The normalized spacial score (nSPS) is 20.0. The maximum Gasteiger partial charge on any atom is 0.132 e. The molecule has 0 atom stereocenters. The van der Waals surface area contributed by atoms with Gasteiger partial charge in [0.15, 0.2) is 0 Å². The van der Waals surface area contributed by atoms with Crippen LogP contribution in [0.5, 0.6) is 0 Å². The summed E-state index contributed by atoms with van der Waals surface area (Å²) in [6.45, 7) is 7.61. The molecule has 0 radical (unpaired) electrons. The molecule has 2 fully saturated rings. The highest BCUT2D eigenvalue weighted by Gasteiger charge is 2.40. The van der Waals surface area contributed by atoms with E-state index in [1.807, 2.05) is 25.1 Å². The van der Waals surface area contributed by atoms with E-state index < -0.39 is 0 Å². The third-order valence-electron chi connectivity index (χ3n) is 4.61. The molecule has 4 N–H and O–H groups in total. The molecule has 7 heteroatoms. The summed E-state index contributed by atoms with van der Waals surface area (Å²) in [4.78, 5) is 10.8. The molecular formula is C20H28N6O. The van der Waals surface area contributed by atoms with Crippen molar-refractivity contribution in [1.82, 2.24) is 15.3 Å². The van der Waals surface area contributed by atoms with Crippen molar-refractivity contribution >= 4 is 11.5 Å². The van der Waals surface area contributed by atoms with Gasteiger partial charge in [-0.25, -0.2) is 9.97 Å². The number of anilines is 1. The zero-order valence-corrected chi connectivity index (χ0v) is 16.0. The lowest BCUT2D eigenvalue weighted by Crippen LogP contribution is -2.44. The number of nitrogens with zero attached hydrogens (tertiary/aromatic N) is 3. The minimum absolute atomic E-state index is 0.0981. The fourth-order valence-corrected chi connectivity index (χ4v) is 2.71. The Morgan fingerprint density at radius 1 is 1.26 bits per heavy atom. The van der Waals surface area contributed by atoms with Crippen LogP contribution in [0.3, 0.4) is 0 Å². The molecule has 0 bridgehead atoms. The Morgan fingerprint density at radius 3 is 2.67 bits per heavy atom. The van der Waals surface area contributed by atoms with Crippen LogP contribution >= 0.6 is 0 Å². The van der Waals surface area contributed by atoms with Crippen LogP contribution in [-0.4, -0.2) is 47.5 Å². The lowest BCUT2D eigenvalue weighted by Gasteiger charge is -2.28. The number of nitrogens with two attached hydrogens (primary N) is 1. The van der Waals surface area contributed by atoms with Gasteiger partial charge in [-0.15, -0.1) is 0 Å². The Balaban J connectivity index is 1.72. The van der Waals surface area contributed by atoms with Crippen molar-refractivity contribution in [2.24, 2.45) is 5.73 Å². The van der Waals surface area contributed by atoms with Gasteiger partial charge in [-0.3, -0.25) is 5.41 Å². The van der Waals surface area contributed by atoms with E-state index in [1.165, 1.54) is 6.33 Å². The summed E-state index contributed by atoms with van der Waals surface area (Å²) in [7, 11) is 0. The van der Waals surface area contributed by atoms with Crippen molar-refractivity contribution in [2.45, 2.75) is 32.3 Å². The van der Waals surface area contributed by atoms with Crippen LogP contribution in [0.15, 0.2) is 48.2 Å². The summed E-state index contributed by atoms with van der Waals surface area (Å²) < 4.78 is 6.03. The summed E-state index contributed by atoms with van der Waals surface area (Å²) in [5, 5.41) is 11.7. The van der Waals surface area contributed by atoms with Crippen LogP contribution in [0.25, 0.3) is 0 Å². The van der Waals surface area contributed by atoms with E-state index >= 15 is 0 Å². The highest BCUT2D eigenvalue weighted by molar-refractivity contribution is 6.05. The van der Waals surface area contributed by atoms with Crippen molar-refractivity contribution < 1.29 is 4.74 Å². The molecule has 0 aromatic carbocycles. The Labute approximate surface area is 160 Å². The van der Waals surface area contributed by atoms with E-state index in [1.54, 1.807) is 12.2 Å². The molecule has 1 aliphatic carbocycles. The summed E-state index contributed by atoms with van der Waals surface area (Å²) in [6, 6.07) is 1.87. The lowest BCUT2D eigenvalue weighted by molar-refractivity contribution is 0.120. The molecule has 144 valence electrons. The van der Waals surface area contributed by atoms with Gasteiger partial charge in [0.1, 0.15) is 23.5 Å². The molecule has 0 spiro atoms. The zero-order valence-electron chi connectivity index (χ0n) is 16.0. The number of hydrogen-bond acceptors (Lipinski definition) is 7. The molecule has 1 aromatic heterocycles. The predicted octanol–water partition coefficient (Wildman–Crippen LogP) is 2.13. The third-order valence-corrected chi connectivity index (χ3v) is 4.61. The van der Waals surface area contributed by atoms with Gasteiger partial charge >= 0.3 is 0 Å². The lowest BCUT2D eigenvalue weighted by atomic mass is 10.2. The van der Waals surface area contributed by atoms with Crippen molar-refractivity contribution in [3.05, 3.63) is 53.8 Å². The van der Waals surface area contributed by atoms with Crippen LogP contribution in [0.1, 0.15) is 32.4 Å². The second-order valence-electron chi connectivity index (χ2n) is 7.28. The minimum atomic E-state index is -0.0981. The topological polar surface area (TPSA) is 100 Å². The Morgan fingerprint density at radius 2 is 2.00 bits per heavy atom. The van der Waals surface area contributed by atoms with E-state index in [0.717, 1.165) is 44.8 Å². The molecule has 27 heavy (non-hydrogen) atoms. The van der Waals surface area contributed by atoms with Crippen LogP contribution in [0, 0.1) is 5.41 Å². The quantitative estimate of drug-likeness (QED) is 0.387. The Hall–Kier alpha value is -2.67. The smallest absolute Gasteiger partial charge is 0.132 e. The number of aromatic nitrogens is 2. The first-order chi connectivity index (χ1) is 13.0.